The van der Waals surface area contributed by atoms with Crippen LogP contribution in [0.3, 0.4) is 0 Å². The number of rotatable bonds is 5. The van der Waals surface area contributed by atoms with E-state index in [0.29, 0.717) is 18.8 Å². The first-order valence-corrected chi connectivity index (χ1v) is 7.18. The zero-order valence-corrected chi connectivity index (χ0v) is 11.1. The number of hydrogen-bond acceptors (Lipinski definition) is 3. The van der Waals surface area contributed by atoms with Crippen LogP contribution in [-0.4, -0.2) is 34.7 Å². The Labute approximate surface area is 102 Å². The fraction of sp³-hybridized carbons (Fsp3) is 0.917. The molecule has 0 aromatic carbocycles. The zero-order chi connectivity index (χ0) is 12.0. The first kappa shape index (κ1) is 13.8. The SMILES string of the molecule is CC(C)(CCO)NC(=O)CC1CCSCC1. The van der Waals surface area contributed by atoms with Crippen molar-refractivity contribution in [2.45, 2.75) is 45.1 Å². The summed E-state index contributed by atoms with van der Waals surface area (Å²) in [6, 6.07) is 0. The Balaban J connectivity index is 2.28. The van der Waals surface area contributed by atoms with Crippen LogP contribution in [0.2, 0.25) is 0 Å². The van der Waals surface area contributed by atoms with Gasteiger partial charge in [-0.15, -0.1) is 0 Å². The lowest BCUT2D eigenvalue weighted by Gasteiger charge is -2.27. The molecule has 1 fully saturated rings. The van der Waals surface area contributed by atoms with Crippen LogP contribution >= 0.6 is 11.8 Å². The van der Waals surface area contributed by atoms with Crippen molar-refractivity contribution in [3.8, 4) is 0 Å². The number of amides is 1. The van der Waals surface area contributed by atoms with Crippen molar-refractivity contribution in [1.29, 1.82) is 0 Å². The van der Waals surface area contributed by atoms with Crippen molar-refractivity contribution in [3.63, 3.8) is 0 Å². The van der Waals surface area contributed by atoms with Crippen LogP contribution in [0.15, 0.2) is 0 Å². The highest BCUT2D eigenvalue weighted by Crippen LogP contribution is 2.25. The van der Waals surface area contributed by atoms with E-state index in [9.17, 15) is 4.79 Å². The summed E-state index contributed by atoms with van der Waals surface area (Å²) >= 11 is 1.98. The van der Waals surface area contributed by atoms with E-state index in [1.54, 1.807) is 0 Å². The Morgan fingerprint density at radius 2 is 2.06 bits per heavy atom. The number of thioether (sulfide) groups is 1. The Hall–Kier alpha value is -0.220. The highest BCUT2D eigenvalue weighted by molar-refractivity contribution is 7.99. The molecule has 1 rings (SSSR count). The van der Waals surface area contributed by atoms with Gasteiger partial charge in [0.15, 0.2) is 0 Å². The van der Waals surface area contributed by atoms with Crippen LogP contribution in [-0.2, 0) is 4.79 Å². The van der Waals surface area contributed by atoms with E-state index in [0.717, 1.165) is 0 Å². The lowest BCUT2D eigenvalue weighted by Crippen LogP contribution is -2.44. The second-order valence-electron chi connectivity index (χ2n) is 5.17. The molecule has 3 nitrogen and oxygen atoms in total. The van der Waals surface area contributed by atoms with E-state index in [-0.39, 0.29) is 18.1 Å². The minimum Gasteiger partial charge on any atom is -0.396 e. The molecule has 1 amide bonds. The second kappa shape index (κ2) is 6.50. The minimum atomic E-state index is -0.282. The Morgan fingerprint density at radius 1 is 1.44 bits per heavy atom. The van der Waals surface area contributed by atoms with E-state index in [1.165, 1.54) is 24.3 Å². The van der Waals surface area contributed by atoms with Gasteiger partial charge in [-0.1, -0.05) is 0 Å². The molecule has 1 aliphatic heterocycles. The predicted octanol–water partition coefficient (Wildman–Crippen LogP) is 1.80. The van der Waals surface area contributed by atoms with Crippen LogP contribution in [0, 0.1) is 5.92 Å². The third-order valence-electron chi connectivity index (χ3n) is 3.03. The summed E-state index contributed by atoms with van der Waals surface area (Å²) < 4.78 is 0. The lowest BCUT2D eigenvalue weighted by molar-refractivity contribution is -0.123. The molecule has 16 heavy (non-hydrogen) atoms. The molecule has 0 aromatic heterocycles. The van der Waals surface area contributed by atoms with Crippen molar-refractivity contribution >= 4 is 17.7 Å². The molecular weight excluding hydrogens is 222 g/mol. The van der Waals surface area contributed by atoms with E-state index in [4.69, 9.17) is 5.11 Å². The van der Waals surface area contributed by atoms with Crippen LogP contribution in [0.4, 0.5) is 0 Å². The number of carbonyl (C=O) groups excluding carboxylic acids is 1. The Kier molecular flexibility index (Phi) is 5.62. The molecule has 1 heterocycles. The van der Waals surface area contributed by atoms with Crippen molar-refractivity contribution in [1.82, 2.24) is 5.32 Å². The third-order valence-corrected chi connectivity index (χ3v) is 4.08. The summed E-state index contributed by atoms with van der Waals surface area (Å²) in [5, 5.41) is 11.9. The van der Waals surface area contributed by atoms with Crippen molar-refractivity contribution in [2.24, 2.45) is 5.92 Å². The minimum absolute atomic E-state index is 0.118. The van der Waals surface area contributed by atoms with Crippen LogP contribution in [0.25, 0.3) is 0 Å². The Morgan fingerprint density at radius 3 is 2.62 bits per heavy atom. The van der Waals surface area contributed by atoms with E-state index in [2.05, 4.69) is 5.32 Å². The molecule has 0 saturated carbocycles. The highest BCUT2D eigenvalue weighted by atomic mass is 32.2. The largest absolute Gasteiger partial charge is 0.396 e. The number of carbonyl (C=O) groups is 1. The van der Waals surface area contributed by atoms with E-state index in [1.807, 2.05) is 25.6 Å². The van der Waals surface area contributed by atoms with Gasteiger partial charge in [0.2, 0.25) is 5.91 Å². The molecule has 1 saturated heterocycles. The number of hydrogen-bond donors (Lipinski definition) is 2. The van der Waals surface area contributed by atoms with Gasteiger partial charge in [-0.05, 0) is 50.5 Å². The normalized spacial score (nSPS) is 18.4. The first-order chi connectivity index (χ1) is 7.53. The summed E-state index contributed by atoms with van der Waals surface area (Å²) in [5.41, 5.74) is -0.282. The molecule has 1 aliphatic rings. The molecule has 94 valence electrons. The van der Waals surface area contributed by atoms with Gasteiger partial charge < -0.3 is 10.4 Å². The molecular formula is C12H23NO2S. The van der Waals surface area contributed by atoms with Crippen LogP contribution < -0.4 is 5.32 Å². The highest BCUT2D eigenvalue weighted by Gasteiger charge is 2.22. The number of aliphatic hydroxyl groups is 1. The monoisotopic (exact) mass is 245 g/mol. The van der Waals surface area contributed by atoms with Gasteiger partial charge in [0.05, 0.1) is 0 Å². The molecule has 4 heteroatoms. The molecule has 0 aromatic rings. The van der Waals surface area contributed by atoms with E-state index >= 15 is 0 Å². The summed E-state index contributed by atoms with van der Waals surface area (Å²) in [5.74, 6) is 3.08. The summed E-state index contributed by atoms with van der Waals surface area (Å²) in [6.07, 6.45) is 3.59. The van der Waals surface area contributed by atoms with Crippen molar-refractivity contribution in [3.05, 3.63) is 0 Å². The molecule has 0 radical (unpaired) electrons. The zero-order valence-electron chi connectivity index (χ0n) is 10.3. The van der Waals surface area contributed by atoms with Gasteiger partial charge in [-0.3, -0.25) is 4.79 Å². The van der Waals surface area contributed by atoms with Gasteiger partial charge >= 0.3 is 0 Å². The maximum Gasteiger partial charge on any atom is 0.220 e. The molecule has 0 aliphatic carbocycles. The van der Waals surface area contributed by atoms with E-state index < -0.39 is 0 Å². The number of aliphatic hydroxyl groups excluding tert-OH is 1. The quantitative estimate of drug-likeness (QED) is 0.776. The standard InChI is InChI=1S/C12H23NO2S/c1-12(2,5-6-14)13-11(15)9-10-3-7-16-8-4-10/h10,14H,3-9H2,1-2H3,(H,13,15). The van der Waals surface area contributed by atoms with Gasteiger partial charge in [-0.25, -0.2) is 0 Å². The van der Waals surface area contributed by atoms with Crippen LogP contribution in [0.1, 0.15) is 39.5 Å². The maximum absolute atomic E-state index is 11.8. The van der Waals surface area contributed by atoms with Gasteiger partial charge in [0.25, 0.3) is 0 Å². The predicted molar refractivity (Wildman–Crippen MR) is 68.6 cm³/mol. The smallest absolute Gasteiger partial charge is 0.220 e. The average molecular weight is 245 g/mol. The van der Waals surface area contributed by atoms with Gasteiger partial charge in [0.1, 0.15) is 0 Å². The lowest BCUT2D eigenvalue weighted by atomic mass is 9.96. The third kappa shape index (κ3) is 5.21. The molecule has 0 spiro atoms. The van der Waals surface area contributed by atoms with Gasteiger partial charge in [0, 0.05) is 18.6 Å². The Bertz CT molecular complexity index is 225. The second-order valence-corrected chi connectivity index (χ2v) is 6.39. The molecule has 0 atom stereocenters. The molecule has 0 unspecified atom stereocenters. The van der Waals surface area contributed by atoms with Crippen molar-refractivity contribution in [2.75, 3.05) is 18.1 Å². The fourth-order valence-corrected chi connectivity index (χ4v) is 3.19. The molecule has 2 N–H and O–H groups in total. The summed E-state index contributed by atoms with van der Waals surface area (Å²) in [6.45, 7) is 4.03. The molecule has 0 bridgehead atoms. The first-order valence-electron chi connectivity index (χ1n) is 6.03. The average Bonchev–Trinajstić information content (AvgIpc) is 2.17. The van der Waals surface area contributed by atoms with Gasteiger partial charge in [-0.2, -0.15) is 11.8 Å². The maximum atomic E-state index is 11.8. The topological polar surface area (TPSA) is 49.3 Å². The summed E-state index contributed by atoms with van der Waals surface area (Å²) in [7, 11) is 0. The van der Waals surface area contributed by atoms with Crippen molar-refractivity contribution < 1.29 is 9.90 Å². The number of nitrogens with one attached hydrogen (secondary N) is 1. The van der Waals surface area contributed by atoms with Crippen LogP contribution in [0.5, 0.6) is 0 Å². The fourth-order valence-electron chi connectivity index (χ4n) is 1.98. The summed E-state index contributed by atoms with van der Waals surface area (Å²) in [4.78, 5) is 11.8.